The van der Waals surface area contributed by atoms with Crippen molar-refractivity contribution in [2.75, 3.05) is 7.11 Å². The van der Waals surface area contributed by atoms with E-state index >= 15 is 0 Å². The number of benzene rings is 1. The molecule has 0 atom stereocenters. The van der Waals surface area contributed by atoms with Gasteiger partial charge in [0.05, 0.1) is 12.6 Å². The summed E-state index contributed by atoms with van der Waals surface area (Å²) in [5.41, 5.74) is 1.73. The Morgan fingerprint density at radius 1 is 1.45 bits per heavy atom. The highest BCUT2D eigenvalue weighted by atomic mass is 16.5. The summed E-state index contributed by atoms with van der Waals surface area (Å²) in [5, 5.41) is 17.4. The van der Waals surface area contributed by atoms with Crippen LogP contribution in [0.2, 0.25) is 0 Å². The van der Waals surface area contributed by atoms with E-state index in [1.54, 1.807) is 17.8 Å². The Kier molecular flexibility index (Phi) is 2.79. The van der Waals surface area contributed by atoms with Crippen LogP contribution in [0.1, 0.15) is 5.69 Å². The molecule has 1 N–H and O–H groups in total. The van der Waals surface area contributed by atoms with Crippen molar-refractivity contribution in [2.24, 2.45) is 0 Å². The minimum atomic E-state index is -1.04. The number of ether oxygens (including phenoxy) is 1. The number of fused-ring (bicyclic) bond motifs is 3. The number of carboxylic acids is 1. The molecule has 0 aliphatic carbocycles. The van der Waals surface area contributed by atoms with Crippen LogP contribution < -0.4 is 4.74 Å². The first-order valence-corrected chi connectivity index (χ1v) is 5.78. The van der Waals surface area contributed by atoms with Gasteiger partial charge in [0.1, 0.15) is 11.4 Å². The third-order valence-corrected chi connectivity index (χ3v) is 2.84. The Morgan fingerprint density at radius 3 is 3.05 bits per heavy atom. The molecule has 3 rings (SSSR count). The number of rotatable bonds is 3. The van der Waals surface area contributed by atoms with Gasteiger partial charge in [0.2, 0.25) is 0 Å². The first-order chi connectivity index (χ1) is 9.69. The summed E-state index contributed by atoms with van der Waals surface area (Å²) in [5.74, 6) is -0.318. The van der Waals surface area contributed by atoms with Crippen molar-refractivity contribution in [3.05, 3.63) is 36.2 Å². The monoisotopic (exact) mass is 270 g/mol. The number of hydrogen-bond donors (Lipinski definition) is 1. The molecule has 0 bridgehead atoms. The van der Waals surface area contributed by atoms with Crippen LogP contribution in [0.4, 0.5) is 0 Å². The van der Waals surface area contributed by atoms with Gasteiger partial charge in [-0.05, 0) is 24.3 Å². The molecule has 3 aromatic rings. The van der Waals surface area contributed by atoms with Gasteiger partial charge in [0, 0.05) is 17.7 Å². The van der Waals surface area contributed by atoms with E-state index in [1.165, 1.54) is 6.08 Å². The van der Waals surface area contributed by atoms with Crippen molar-refractivity contribution < 1.29 is 14.6 Å². The molecule has 1 aromatic carbocycles. The predicted octanol–water partition coefficient (Wildman–Crippen LogP) is 1.38. The van der Waals surface area contributed by atoms with Gasteiger partial charge in [-0.1, -0.05) is 5.21 Å². The highest BCUT2D eigenvalue weighted by Gasteiger charge is 2.09. The molecular weight excluding hydrogens is 260 g/mol. The number of carboxylic acid groups (broad SMARTS) is 1. The number of carbonyl (C=O) groups is 1. The molecule has 0 aliphatic rings. The predicted molar refractivity (Wildman–Crippen MR) is 71.5 cm³/mol. The molecule has 0 amide bonds. The summed E-state index contributed by atoms with van der Waals surface area (Å²) in [6.07, 6.45) is 4.05. The van der Waals surface area contributed by atoms with E-state index in [9.17, 15) is 4.79 Å². The van der Waals surface area contributed by atoms with Crippen molar-refractivity contribution in [2.45, 2.75) is 0 Å². The van der Waals surface area contributed by atoms with Crippen LogP contribution >= 0.6 is 0 Å². The Hall–Kier alpha value is -2.96. The summed E-state index contributed by atoms with van der Waals surface area (Å²) in [7, 11) is 1.59. The van der Waals surface area contributed by atoms with E-state index in [2.05, 4.69) is 15.3 Å². The second-order valence-corrected chi connectivity index (χ2v) is 4.06. The minimum absolute atomic E-state index is 0.408. The van der Waals surface area contributed by atoms with Gasteiger partial charge in [-0.2, -0.15) is 4.52 Å². The smallest absolute Gasteiger partial charge is 0.328 e. The van der Waals surface area contributed by atoms with E-state index in [-0.39, 0.29) is 0 Å². The number of aliphatic carboxylic acids is 1. The van der Waals surface area contributed by atoms with Crippen molar-refractivity contribution >= 4 is 28.6 Å². The summed E-state index contributed by atoms with van der Waals surface area (Å²) in [6, 6.07) is 5.51. The van der Waals surface area contributed by atoms with Crippen molar-refractivity contribution in [1.29, 1.82) is 0 Å². The largest absolute Gasteiger partial charge is 0.497 e. The van der Waals surface area contributed by atoms with Crippen LogP contribution in [0, 0.1) is 0 Å². The van der Waals surface area contributed by atoms with Crippen molar-refractivity contribution in [3.63, 3.8) is 0 Å². The molecule has 0 spiro atoms. The zero-order valence-electron chi connectivity index (χ0n) is 10.5. The zero-order valence-corrected chi connectivity index (χ0v) is 10.5. The number of hydrogen-bond acceptors (Lipinski definition) is 5. The van der Waals surface area contributed by atoms with E-state index in [1.807, 2.05) is 18.2 Å². The standard InChI is InChI=1S/C13H10N4O3/c1-20-9-2-4-11-8(6-9)7-14-13-10(3-5-12(18)19)15-16-17(11)13/h2-7H,1H3,(H,18,19)/b5-3+. The highest BCUT2D eigenvalue weighted by Crippen LogP contribution is 2.21. The van der Waals surface area contributed by atoms with Crippen LogP contribution in [0.5, 0.6) is 5.75 Å². The van der Waals surface area contributed by atoms with Crippen LogP contribution in [0.3, 0.4) is 0 Å². The molecule has 100 valence electrons. The summed E-state index contributed by atoms with van der Waals surface area (Å²) < 4.78 is 6.72. The lowest BCUT2D eigenvalue weighted by Gasteiger charge is -2.03. The molecule has 0 saturated carbocycles. The second-order valence-electron chi connectivity index (χ2n) is 4.06. The first-order valence-electron chi connectivity index (χ1n) is 5.78. The van der Waals surface area contributed by atoms with Gasteiger partial charge in [0.15, 0.2) is 5.65 Å². The van der Waals surface area contributed by atoms with E-state index < -0.39 is 5.97 Å². The number of nitrogens with zero attached hydrogens (tertiary/aromatic N) is 4. The topological polar surface area (TPSA) is 89.6 Å². The second kappa shape index (κ2) is 4.61. The van der Waals surface area contributed by atoms with Crippen LogP contribution in [0.25, 0.3) is 22.6 Å². The Morgan fingerprint density at radius 2 is 2.30 bits per heavy atom. The van der Waals surface area contributed by atoms with Crippen LogP contribution in [-0.2, 0) is 4.79 Å². The maximum absolute atomic E-state index is 10.5. The summed E-state index contributed by atoms with van der Waals surface area (Å²) in [6.45, 7) is 0. The molecule has 0 aliphatic heterocycles. The van der Waals surface area contributed by atoms with Gasteiger partial charge in [0.25, 0.3) is 0 Å². The molecule has 0 unspecified atom stereocenters. The fourth-order valence-electron chi connectivity index (χ4n) is 1.92. The highest BCUT2D eigenvalue weighted by molar-refractivity contribution is 5.87. The molecule has 0 radical (unpaired) electrons. The fourth-order valence-corrected chi connectivity index (χ4v) is 1.92. The van der Waals surface area contributed by atoms with Crippen molar-refractivity contribution in [3.8, 4) is 5.75 Å². The SMILES string of the molecule is COc1ccc2c(cnc3c(/C=C/C(=O)O)nnn32)c1. The summed E-state index contributed by atoms with van der Waals surface area (Å²) in [4.78, 5) is 14.8. The third-order valence-electron chi connectivity index (χ3n) is 2.84. The average molecular weight is 270 g/mol. The van der Waals surface area contributed by atoms with E-state index in [0.717, 1.165) is 22.7 Å². The van der Waals surface area contributed by atoms with Gasteiger partial charge < -0.3 is 9.84 Å². The molecule has 2 aromatic heterocycles. The lowest BCUT2D eigenvalue weighted by atomic mass is 10.2. The minimum Gasteiger partial charge on any atom is -0.497 e. The van der Waals surface area contributed by atoms with E-state index in [0.29, 0.717) is 11.3 Å². The normalized spacial score (nSPS) is 11.4. The molecule has 0 saturated heterocycles. The maximum Gasteiger partial charge on any atom is 0.328 e. The molecule has 0 fully saturated rings. The first kappa shape index (κ1) is 12.1. The average Bonchev–Trinajstić information content (AvgIpc) is 2.87. The Balaban J connectivity index is 2.21. The maximum atomic E-state index is 10.5. The molecule has 7 nitrogen and oxygen atoms in total. The lowest BCUT2D eigenvalue weighted by molar-refractivity contribution is -0.131. The lowest BCUT2D eigenvalue weighted by Crippen LogP contribution is -1.94. The van der Waals surface area contributed by atoms with Crippen LogP contribution in [0.15, 0.2) is 30.5 Å². The fraction of sp³-hybridized carbons (Fsp3) is 0.0769. The number of aromatic nitrogens is 4. The third kappa shape index (κ3) is 1.95. The van der Waals surface area contributed by atoms with E-state index in [4.69, 9.17) is 9.84 Å². The molecule has 7 heteroatoms. The molecule has 2 heterocycles. The summed E-state index contributed by atoms with van der Waals surface area (Å²) >= 11 is 0. The Labute approximate surface area is 113 Å². The molecule has 20 heavy (non-hydrogen) atoms. The molecular formula is C13H10N4O3. The van der Waals surface area contributed by atoms with Gasteiger partial charge in [-0.25, -0.2) is 9.78 Å². The quantitative estimate of drug-likeness (QED) is 0.723. The van der Waals surface area contributed by atoms with Gasteiger partial charge >= 0.3 is 5.97 Å². The van der Waals surface area contributed by atoms with Crippen LogP contribution in [-0.4, -0.2) is 38.0 Å². The van der Waals surface area contributed by atoms with Crippen molar-refractivity contribution in [1.82, 2.24) is 19.8 Å². The zero-order chi connectivity index (χ0) is 14.1. The number of methoxy groups -OCH3 is 1. The van der Waals surface area contributed by atoms with Gasteiger partial charge in [-0.3, -0.25) is 0 Å². The Bertz CT molecular complexity index is 838. The van der Waals surface area contributed by atoms with Gasteiger partial charge in [-0.15, -0.1) is 5.10 Å².